The molecule has 2 radical (unpaired) electrons. The first-order valence-electron chi connectivity index (χ1n) is 7.98. The molecule has 0 N–H and O–H groups in total. The largest absolute Gasteiger partial charge is 0.0616 e. The van der Waals surface area contributed by atoms with Crippen LogP contribution in [0.25, 0.3) is 11.1 Å². The molecular formula is C21H26. The zero-order chi connectivity index (χ0) is 15.6. The number of benzene rings is 2. The second-order valence-electron chi connectivity index (χ2n) is 6.71. The molecule has 0 aliphatic heterocycles. The predicted molar refractivity (Wildman–Crippen MR) is 91.8 cm³/mol. The Hall–Kier alpha value is -1.56. The smallest absolute Gasteiger partial charge is 0.00582 e. The summed E-state index contributed by atoms with van der Waals surface area (Å²) in [5.41, 5.74) is 6.62. The van der Waals surface area contributed by atoms with E-state index < -0.39 is 0 Å². The first-order chi connectivity index (χ1) is 9.91. The Labute approximate surface area is 130 Å². The van der Waals surface area contributed by atoms with Gasteiger partial charge in [-0.1, -0.05) is 65.8 Å². The molecule has 0 unspecified atom stereocenters. The maximum absolute atomic E-state index is 3.67. The molecular weight excluding hydrogens is 252 g/mol. The molecule has 0 saturated heterocycles. The van der Waals surface area contributed by atoms with Gasteiger partial charge in [0.25, 0.3) is 0 Å². The van der Waals surface area contributed by atoms with Gasteiger partial charge in [-0.15, -0.1) is 0 Å². The van der Waals surface area contributed by atoms with Gasteiger partial charge in [-0.25, -0.2) is 0 Å². The van der Waals surface area contributed by atoms with Crippen LogP contribution in [0.5, 0.6) is 0 Å². The Balaban J connectivity index is 2.71. The molecule has 2 aromatic carbocycles. The summed E-state index contributed by atoms with van der Waals surface area (Å²) in [7, 11) is 0. The van der Waals surface area contributed by atoms with Crippen molar-refractivity contribution in [1.82, 2.24) is 0 Å². The summed E-state index contributed by atoms with van der Waals surface area (Å²) in [6, 6.07) is 17.5. The molecule has 110 valence electrons. The van der Waals surface area contributed by atoms with Gasteiger partial charge >= 0.3 is 0 Å². The van der Waals surface area contributed by atoms with E-state index in [4.69, 9.17) is 0 Å². The average Bonchev–Trinajstić information content (AvgIpc) is 2.46. The van der Waals surface area contributed by atoms with Gasteiger partial charge in [0, 0.05) is 0 Å². The van der Waals surface area contributed by atoms with Gasteiger partial charge in [0.05, 0.1) is 0 Å². The maximum atomic E-state index is 3.67. The van der Waals surface area contributed by atoms with E-state index >= 15 is 0 Å². The van der Waals surface area contributed by atoms with Gasteiger partial charge < -0.3 is 0 Å². The van der Waals surface area contributed by atoms with Crippen molar-refractivity contribution in [2.75, 3.05) is 0 Å². The normalized spacial score (nSPS) is 11.7. The monoisotopic (exact) mass is 278 g/mol. The van der Waals surface area contributed by atoms with Crippen molar-refractivity contribution in [3.8, 4) is 11.1 Å². The van der Waals surface area contributed by atoms with E-state index in [0.717, 1.165) is 5.56 Å². The van der Waals surface area contributed by atoms with E-state index in [-0.39, 0.29) is 0 Å². The Morgan fingerprint density at radius 2 is 1.52 bits per heavy atom. The molecule has 0 aliphatic carbocycles. The second-order valence-corrected chi connectivity index (χ2v) is 6.71. The minimum atomic E-state index is 0.489. The molecule has 0 aromatic heterocycles. The number of rotatable bonds is 4. The van der Waals surface area contributed by atoms with E-state index in [2.05, 4.69) is 71.9 Å². The molecule has 0 atom stereocenters. The molecule has 0 bridgehead atoms. The summed E-state index contributed by atoms with van der Waals surface area (Å²) in [5.74, 6) is 1.55. The fraction of sp³-hybridized carbons (Fsp3) is 0.429. The van der Waals surface area contributed by atoms with Gasteiger partial charge in [0.2, 0.25) is 0 Å². The zero-order valence-corrected chi connectivity index (χ0v) is 14.1. The first-order valence-corrected chi connectivity index (χ1v) is 7.98. The molecule has 0 aliphatic rings. The van der Waals surface area contributed by atoms with E-state index in [1.165, 1.54) is 22.3 Å². The lowest BCUT2D eigenvalue weighted by Gasteiger charge is -2.24. The fourth-order valence-corrected chi connectivity index (χ4v) is 2.92. The lowest BCUT2D eigenvalue weighted by molar-refractivity contribution is 0.748. The Bertz CT molecular complexity index is 560. The molecule has 21 heavy (non-hydrogen) atoms. The van der Waals surface area contributed by atoms with Crippen LogP contribution in [0.2, 0.25) is 0 Å². The van der Waals surface area contributed by atoms with E-state index in [1.54, 1.807) is 0 Å². The van der Waals surface area contributed by atoms with E-state index in [1.807, 2.05) is 12.1 Å². The highest BCUT2D eigenvalue weighted by molar-refractivity contribution is 5.66. The minimum absolute atomic E-state index is 0.489. The molecule has 0 fully saturated rings. The average molecular weight is 278 g/mol. The van der Waals surface area contributed by atoms with Crippen LogP contribution in [0.4, 0.5) is 0 Å². The second kappa shape index (κ2) is 6.47. The molecule has 0 saturated carbocycles. The van der Waals surface area contributed by atoms with Crippen LogP contribution >= 0.6 is 0 Å². The molecule has 0 nitrogen and oxygen atoms in total. The third kappa shape index (κ3) is 3.37. The summed E-state index contributed by atoms with van der Waals surface area (Å²) in [6.45, 7) is 13.7. The number of hydrogen-bond acceptors (Lipinski definition) is 0. The topological polar surface area (TPSA) is 0 Å². The van der Waals surface area contributed by atoms with Gasteiger partial charge in [-0.3, -0.25) is 0 Å². The van der Waals surface area contributed by atoms with Crippen molar-refractivity contribution in [2.24, 2.45) is 0 Å². The molecule has 0 amide bonds. The summed E-state index contributed by atoms with van der Waals surface area (Å²) < 4.78 is 0. The van der Waals surface area contributed by atoms with E-state index in [0.29, 0.717) is 17.8 Å². The lowest BCUT2D eigenvalue weighted by atomic mass is 9.81. The highest BCUT2D eigenvalue weighted by Crippen LogP contribution is 2.36. The quantitative estimate of drug-likeness (QED) is 0.613. The highest BCUT2D eigenvalue weighted by Gasteiger charge is 2.18. The standard InChI is InChI=1S/C21H26/c1-14(2)19-12-18(17-10-8-7-9-11-17)13-20(15(3)4)21(19)16(5)6/h7-10,12,14-16H,1-6H3. The molecule has 2 aromatic rings. The molecule has 0 heterocycles. The molecule has 0 heteroatoms. The van der Waals surface area contributed by atoms with Crippen LogP contribution in [0.3, 0.4) is 0 Å². The Morgan fingerprint density at radius 1 is 0.810 bits per heavy atom. The van der Waals surface area contributed by atoms with Crippen LogP contribution in [0.15, 0.2) is 30.3 Å². The summed E-state index contributed by atoms with van der Waals surface area (Å²) in [4.78, 5) is 0. The van der Waals surface area contributed by atoms with Crippen LogP contribution in [-0.2, 0) is 0 Å². The Kier molecular flexibility index (Phi) is 4.88. The highest BCUT2D eigenvalue weighted by atomic mass is 14.2. The lowest BCUT2D eigenvalue weighted by Crippen LogP contribution is -2.06. The third-order valence-corrected chi connectivity index (χ3v) is 3.95. The van der Waals surface area contributed by atoms with Crippen molar-refractivity contribution >= 4 is 0 Å². The molecule has 2 rings (SSSR count). The van der Waals surface area contributed by atoms with Gasteiger partial charge in [0.1, 0.15) is 0 Å². The Morgan fingerprint density at radius 3 is 2.00 bits per heavy atom. The maximum Gasteiger partial charge on any atom is -0.00582 e. The predicted octanol–water partition coefficient (Wildman–Crippen LogP) is 6.32. The SMILES string of the molecule is CC(C)c1[c]c(-c2[c]cccc2)cc(C(C)C)c1C(C)C. The van der Waals surface area contributed by atoms with Crippen LogP contribution < -0.4 is 0 Å². The van der Waals surface area contributed by atoms with Crippen molar-refractivity contribution in [2.45, 2.75) is 59.3 Å². The zero-order valence-electron chi connectivity index (χ0n) is 14.1. The van der Waals surface area contributed by atoms with Crippen molar-refractivity contribution in [1.29, 1.82) is 0 Å². The molecule has 0 spiro atoms. The minimum Gasteiger partial charge on any atom is -0.0616 e. The van der Waals surface area contributed by atoms with Crippen molar-refractivity contribution < 1.29 is 0 Å². The van der Waals surface area contributed by atoms with Crippen molar-refractivity contribution in [3.05, 3.63) is 59.2 Å². The van der Waals surface area contributed by atoms with Crippen LogP contribution in [0.1, 0.15) is 76.0 Å². The van der Waals surface area contributed by atoms with Gasteiger partial charge in [-0.2, -0.15) is 0 Å². The number of hydrogen-bond donors (Lipinski definition) is 0. The van der Waals surface area contributed by atoms with E-state index in [9.17, 15) is 0 Å². The van der Waals surface area contributed by atoms with Crippen LogP contribution in [0, 0.1) is 12.1 Å². The van der Waals surface area contributed by atoms with Gasteiger partial charge in [0.15, 0.2) is 0 Å². The van der Waals surface area contributed by atoms with Crippen molar-refractivity contribution in [3.63, 3.8) is 0 Å². The van der Waals surface area contributed by atoms with Gasteiger partial charge in [-0.05, 0) is 63.8 Å². The third-order valence-electron chi connectivity index (χ3n) is 3.95. The summed E-state index contributed by atoms with van der Waals surface area (Å²) in [6.07, 6.45) is 0. The van der Waals surface area contributed by atoms with Crippen LogP contribution in [-0.4, -0.2) is 0 Å². The summed E-state index contributed by atoms with van der Waals surface area (Å²) in [5, 5.41) is 0. The first kappa shape index (κ1) is 15.8. The fourth-order valence-electron chi connectivity index (χ4n) is 2.92. The summed E-state index contributed by atoms with van der Waals surface area (Å²) >= 11 is 0.